The molecule has 5 rings (SSSR count). The molecule has 32 heavy (non-hydrogen) atoms. The maximum Gasteiger partial charge on any atom is 0.227 e. The van der Waals surface area contributed by atoms with Crippen LogP contribution >= 0.6 is 0 Å². The third-order valence-electron chi connectivity index (χ3n) is 6.86. The van der Waals surface area contributed by atoms with E-state index in [1.54, 1.807) is 4.90 Å². The zero-order chi connectivity index (χ0) is 21.9. The van der Waals surface area contributed by atoms with E-state index in [0.29, 0.717) is 13.1 Å². The SMILES string of the molecule is O=C(NCc1cccc(CN2CCOCC2)c1)C1CC(=O)N(c2ccc3c(c2)CCC3)C1. The van der Waals surface area contributed by atoms with Crippen molar-refractivity contribution >= 4 is 17.5 Å². The summed E-state index contributed by atoms with van der Waals surface area (Å²) in [5, 5.41) is 3.05. The number of hydrogen-bond donors (Lipinski definition) is 1. The first-order valence-electron chi connectivity index (χ1n) is 11.7. The summed E-state index contributed by atoms with van der Waals surface area (Å²) in [7, 11) is 0. The second-order valence-corrected chi connectivity index (χ2v) is 9.14. The number of benzene rings is 2. The Labute approximate surface area is 189 Å². The minimum Gasteiger partial charge on any atom is -0.379 e. The first-order valence-corrected chi connectivity index (χ1v) is 11.7. The molecule has 0 radical (unpaired) electrons. The van der Waals surface area contributed by atoms with Crippen LogP contribution in [0.4, 0.5) is 5.69 Å². The minimum absolute atomic E-state index is 0.0376. The number of aryl methyl sites for hydroxylation is 2. The van der Waals surface area contributed by atoms with E-state index in [2.05, 4.69) is 34.5 Å². The number of nitrogens with one attached hydrogen (secondary N) is 1. The Morgan fingerprint density at radius 1 is 1.03 bits per heavy atom. The van der Waals surface area contributed by atoms with E-state index >= 15 is 0 Å². The molecule has 0 spiro atoms. The van der Waals surface area contributed by atoms with Crippen LogP contribution in [0, 0.1) is 5.92 Å². The van der Waals surface area contributed by atoms with Gasteiger partial charge in [0.25, 0.3) is 0 Å². The number of carbonyl (C=O) groups is 2. The fraction of sp³-hybridized carbons (Fsp3) is 0.462. The molecule has 2 saturated heterocycles. The molecular formula is C26H31N3O3. The molecule has 2 heterocycles. The van der Waals surface area contributed by atoms with Crippen LogP contribution in [-0.4, -0.2) is 49.6 Å². The van der Waals surface area contributed by atoms with E-state index in [9.17, 15) is 9.59 Å². The van der Waals surface area contributed by atoms with Gasteiger partial charge in [0, 0.05) is 44.8 Å². The van der Waals surface area contributed by atoms with Gasteiger partial charge in [-0.15, -0.1) is 0 Å². The van der Waals surface area contributed by atoms with Crippen molar-refractivity contribution in [2.24, 2.45) is 5.92 Å². The molecule has 2 aromatic carbocycles. The average molecular weight is 434 g/mol. The molecule has 1 N–H and O–H groups in total. The van der Waals surface area contributed by atoms with Crippen LogP contribution < -0.4 is 10.2 Å². The van der Waals surface area contributed by atoms with Crippen molar-refractivity contribution in [2.75, 3.05) is 37.7 Å². The zero-order valence-electron chi connectivity index (χ0n) is 18.5. The molecule has 2 amide bonds. The maximum atomic E-state index is 12.8. The van der Waals surface area contributed by atoms with Crippen LogP contribution in [0.1, 0.15) is 35.1 Å². The monoisotopic (exact) mass is 433 g/mol. The van der Waals surface area contributed by atoms with Gasteiger partial charge in [-0.1, -0.05) is 30.3 Å². The van der Waals surface area contributed by atoms with Gasteiger partial charge in [0.05, 0.1) is 19.1 Å². The molecule has 1 unspecified atom stereocenters. The molecule has 0 saturated carbocycles. The van der Waals surface area contributed by atoms with Gasteiger partial charge in [-0.2, -0.15) is 0 Å². The van der Waals surface area contributed by atoms with Crippen molar-refractivity contribution in [2.45, 2.75) is 38.8 Å². The van der Waals surface area contributed by atoms with Crippen LogP contribution in [0.25, 0.3) is 0 Å². The van der Waals surface area contributed by atoms with Crippen LogP contribution in [0.3, 0.4) is 0 Å². The maximum absolute atomic E-state index is 12.8. The Kier molecular flexibility index (Phi) is 6.23. The molecule has 2 aliphatic heterocycles. The fourth-order valence-electron chi connectivity index (χ4n) is 5.05. The number of ether oxygens (including phenoxy) is 1. The Morgan fingerprint density at radius 3 is 2.72 bits per heavy atom. The predicted octanol–water partition coefficient (Wildman–Crippen LogP) is 2.68. The van der Waals surface area contributed by atoms with Crippen molar-refractivity contribution in [3.05, 3.63) is 64.7 Å². The molecule has 0 aromatic heterocycles. The number of fused-ring (bicyclic) bond motifs is 1. The van der Waals surface area contributed by atoms with E-state index < -0.39 is 0 Å². The molecule has 6 heteroatoms. The van der Waals surface area contributed by atoms with Crippen molar-refractivity contribution in [3.8, 4) is 0 Å². The number of amides is 2. The van der Waals surface area contributed by atoms with Crippen LogP contribution in [0.5, 0.6) is 0 Å². The van der Waals surface area contributed by atoms with Gasteiger partial charge in [0.15, 0.2) is 0 Å². The Bertz CT molecular complexity index is 1000. The lowest BCUT2D eigenvalue weighted by molar-refractivity contribution is -0.126. The molecule has 2 aromatic rings. The molecule has 2 fully saturated rings. The van der Waals surface area contributed by atoms with Crippen molar-refractivity contribution < 1.29 is 14.3 Å². The summed E-state index contributed by atoms with van der Waals surface area (Å²) < 4.78 is 5.42. The number of rotatable bonds is 6. The molecule has 0 bridgehead atoms. The lowest BCUT2D eigenvalue weighted by Gasteiger charge is -2.26. The topological polar surface area (TPSA) is 61.9 Å². The van der Waals surface area contributed by atoms with Crippen LogP contribution in [0.15, 0.2) is 42.5 Å². The van der Waals surface area contributed by atoms with Gasteiger partial charge >= 0.3 is 0 Å². The fourth-order valence-corrected chi connectivity index (χ4v) is 5.05. The number of nitrogens with zero attached hydrogens (tertiary/aromatic N) is 2. The highest BCUT2D eigenvalue weighted by Gasteiger charge is 2.35. The molecule has 1 aliphatic carbocycles. The second kappa shape index (κ2) is 9.43. The Balaban J connectivity index is 1.16. The summed E-state index contributed by atoms with van der Waals surface area (Å²) in [6.07, 6.45) is 3.67. The van der Waals surface area contributed by atoms with Gasteiger partial charge in [-0.05, 0) is 53.6 Å². The standard InChI is InChI=1S/C26H31N3O3/c30-25-15-23(18-29(25)24-8-7-21-5-2-6-22(21)14-24)26(31)27-16-19-3-1-4-20(13-19)17-28-9-11-32-12-10-28/h1,3-4,7-8,13-14,23H,2,5-6,9-12,15-18H2,(H,27,31). The van der Waals surface area contributed by atoms with Crippen LogP contribution in [-0.2, 0) is 40.3 Å². The first kappa shape index (κ1) is 21.2. The lowest BCUT2D eigenvalue weighted by Crippen LogP contribution is -2.35. The van der Waals surface area contributed by atoms with Crippen molar-refractivity contribution in [1.82, 2.24) is 10.2 Å². The van der Waals surface area contributed by atoms with E-state index in [-0.39, 0.29) is 24.2 Å². The van der Waals surface area contributed by atoms with Crippen LogP contribution in [0.2, 0.25) is 0 Å². The number of hydrogen-bond acceptors (Lipinski definition) is 4. The van der Waals surface area contributed by atoms with E-state index in [1.165, 1.54) is 23.1 Å². The molecular weight excluding hydrogens is 402 g/mol. The van der Waals surface area contributed by atoms with Gasteiger partial charge < -0.3 is 15.0 Å². The zero-order valence-corrected chi connectivity index (χ0v) is 18.5. The van der Waals surface area contributed by atoms with E-state index in [4.69, 9.17) is 4.74 Å². The average Bonchev–Trinajstić information content (AvgIpc) is 3.44. The number of carbonyl (C=O) groups excluding carboxylic acids is 2. The molecule has 168 valence electrons. The van der Waals surface area contributed by atoms with Gasteiger partial charge in [0.1, 0.15) is 0 Å². The van der Waals surface area contributed by atoms with Crippen molar-refractivity contribution in [3.63, 3.8) is 0 Å². The molecule has 6 nitrogen and oxygen atoms in total. The smallest absolute Gasteiger partial charge is 0.227 e. The predicted molar refractivity (Wildman–Crippen MR) is 123 cm³/mol. The van der Waals surface area contributed by atoms with Gasteiger partial charge in [-0.3, -0.25) is 14.5 Å². The summed E-state index contributed by atoms with van der Waals surface area (Å²) in [4.78, 5) is 29.6. The summed E-state index contributed by atoms with van der Waals surface area (Å²) >= 11 is 0. The third kappa shape index (κ3) is 4.71. The van der Waals surface area contributed by atoms with Gasteiger partial charge in [0.2, 0.25) is 11.8 Å². The highest BCUT2D eigenvalue weighted by atomic mass is 16.5. The van der Waals surface area contributed by atoms with E-state index in [1.807, 2.05) is 18.2 Å². The normalized spacial score (nSPS) is 21.1. The van der Waals surface area contributed by atoms with E-state index in [0.717, 1.165) is 56.9 Å². The highest BCUT2D eigenvalue weighted by molar-refractivity contribution is 6.00. The van der Waals surface area contributed by atoms with Gasteiger partial charge in [-0.25, -0.2) is 0 Å². The minimum atomic E-state index is -0.299. The summed E-state index contributed by atoms with van der Waals surface area (Å²) in [5.74, 6) is -0.302. The Morgan fingerprint density at radius 2 is 1.84 bits per heavy atom. The summed E-state index contributed by atoms with van der Waals surface area (Å²) in [6.45, 7) is 5.34. The highest BCUT2D eigenvalue weighted by Crippen LogP contribution is 2.30. The second-order valence-electron chi connectivity index (χ2n) is 9.14. The molecule has 3 aliphatic rings. The molecule has 1 atom stereocenters. The quantitative estimate of drug-likeness (QED) is 0.761. The van der Waals surface area contributed by atoms with Crippen molar-refractivity contribution in [1.29, 1.82) is 0 Å². The largest absolute Gasteiger partial charge is 0.379 e. The summed E-state index contributed by atoms with van der Waals surface area (Å²) in [5.41, 5.74) is 6.01. The summed E-state index contributed by atoms with van der Waals surface area (Å²) in [6, 6.07) is 14.7. The first-order chi connectivity index (χ1) is 15.7. The Hall–Kier alpha value is -2.70. The number of anilines is 1. The number of morpholine rings is 1. The third-order valence-corrected chi connectivity index (χ3v) is 6.86. The lowest BCUT2D eigenvalue weighted by atomic mass is 10.1.